The van der Waals surface area contributed by atoms with Crippen LogP contribution >= 0.6 is 34.8 Å². The normalized spacial score (nSPS) is 26.4. The summed E-state index contributed by atoms with van der Waals surface area (Å²) in [4.78, 5) is 0.117. The van der Waals surface area contributed by atoms with E-state index in [2.05, 4.69) is 0 Å². The Morgan fingerprint density at radius 1 is 1.25 bits per heavy atom. The Morgan fingerprint density at radius 2 is 2.00 bits per heavy atom. The molecule has 2 aliphatic rings. The molecule has 0 spiro atoms. The summed E-state index contributed by atoms with van der Waals surface area (Å²) in [6.07, 6.45) is 3.03. The molecule has 0 amide bonds. The fourth-order valence-corrected chi connectivity index (χ4v) is 6.24. The van der Waals surface area contributed by atoms with Crippen molar-refractivity contribution in [2.24, 2.45) is 5.92 Å². The topological polar surface area (TPSA) is 37.4 Å². The highest BCUT2D eigenvalue weighted by Gasteiger charge is 2.44. The van der Waals surface area contributed by atoms with Gasteiger partial charge in [-0.2, -0.15) is 4.31 Å². The molecule has 2 bridgehead atoms. The van der Waals surface area contributed by atoms with Gasteiger partial charge in [0.1, 0.15) is 4.90 Å². The number of hydrogen-bond donors (Lipinski definition) is 0. The molecule has 1 aliphatic heterocycles. The summed E-state index contributed by atoms with van der Waals surface area (Å²) >= 11 is 18.0. The maximum absolute atomic E-state index is 12.8. The summed E-state index contributed by atoms with van der Waals surface area (Å²) < 4.78 is 27.2. The fraction of sp³-hybridized carbons (Fsp3) is 0.538. The lowest BCUT2D eigenvalue weighted by molar-refractivity contribution is 0.333. The average molecular weight is 355 g/mol. The summed E-state index contributed by atoms with van der Waals surface area (Å²) in [5.41, 5.74) is 0.473. The van der Waals surface area contributed by atoms with E-state index in [1.165, 1.54) is 6.07 Å². The summed E-state index contributed by atoms with van der Waals surface area (Å²) in [7, 11) is -3.57. The maximum Gasteiger partial charge on any atom is 0.244 e. The summed E-state index contributed by atoms with van der Waals surface area (Å²) in [6, 6.07) is 3.14. The number of fused-ring (bicyclic) bond motifs is 2. The monoisotopic (exact) mass is 353 g/mol. The van der Waals surface area contributed by atoms with Crippen molar-refractivity contribution in [3.05, 3.63) is 27.7 Å². The van der Waals surface area contributed by atoms with Gasteiger partial charge >= 0.3 is 0 Å². The van der Waals surface area contributed by atoms with Crippen molar-refractivity contribution < 1.29 is 8.42 Å². The van der Waals surface area contributed by atoms with Gasteiger partial charge in [0, 0.05) is 23.2 Å². The number of hydrogen-bond acceptors (Lipinski definition) is 2. The van der Waals surface area contributed by atoms with Crippen molar-refractivity contribution in [3.63, 3.8) is 0 Å². The molecular formula is C13H14Cl3NO2S. The molecule has 1 aliphatic carbocycles. The van der Waals surface area contributed by atoms with Crippen LogP contribution in [-0.2, 0) is 15.9 Å². The molecule has 1 aromatic carbocycles. The Bertz CT molecular complexity index is 647. The maximum atomic E-state index is 12.8. The number of sulfonamides is 1. The van der Waals surface area contributed by atoms with E-state index in [9.17, 15) is 8.42 Å². The van der Waals surface area contributed by atoms with E-state index in [1.807, 2.05) is 0 Å². The van der Waals surface area contributed by atoms with E-state index in [4.69, 9.17) is 34.8 Å². The molecule has 20 heavy (non-hydrogen) atoms. The first-order valence-corrected chi connectivity index (χ1v) is 9.23. The van der Waals surface area contributed by atoms with Crippen LogP contribution in [0.1, 0.15) is 24.8 Å². The Labute approximate surface area is 133 Å². The number of benzene rings is 1. The third kappa shape index (κ3) is 2.26. The second-order valence-electron chi connectivity index (χ2n) is 5.38. The van der Waals surface area contributed by atoms with E-state index in [1.54, 1.807) is 10.4 Å². The second-order valence-corrected chi connectivity index (χ2v) is 8.29. The van der Waals surface area contributed by atoms with Gasteiger partial charge in [0.2, 0.25) is 10.0 Å². The van der Waals surface area contributed by atoms with Gasteiger partial charge in [-0.1, -0.05) is 23.2 Å². The van der Waals surface area contributed by atoms with Gasteiger partial charge in [-0.05, 0) is 37.3 Å². The first-order chi connectivity index (χ1) is 9.45. The number of rotatable bonds is 3. The van der Waals surface area contributed by atoms with Crippen molar-refractivity contribution >= 4 is 44.8 Å². The zero-order valence-electron chi connectivity index (χ0n) is 10.7. The lowest BCUT2D eigenvalue weighted by Gasteiger charge is -2.26. The van der Waals surface area contributed by atoms with Crippen LogP contribution < -0.4 is 0 Å². The minimum absolute atomic E-state index is 0.0904. The number of piperidine rings is 1. The molecule has 2 unspecified atom stereocenters. The van der Waals surface area contributed by atoms with Crippen molar-refractivity contribution in [3.8, 4) is 0 Å². The third-order valence-electron chi connectivity index (χ3n) is 4.23. The van der Waals surface area contributed by atoms with Crippen LogP contribution in [0.15, 0.2) is 17.0 Å². The molecule has 1 saturated heterocycles. The van der Waals surface area contributed by atoms with Gasteiger partial charge in [-0.15, -0.1) is 11.6 Å². The number of nitrogens with zero attached hydrogens (tertiary/aromatic N) is 1. The standard InChI is InChI=1S/C13H14Cl3NO2S/c14-6-10-11(15)3-4-12(13(10)16)20(18,19)17-7-8-1-2-9(17)5-8/h3-4,8-9H,1-2,5-7H2. The molecule has 0 N–H and O–H groups in total. The molecule has 110 valence electrons. The molecule has 2 atom stereocenters. The average Bonchev–Trinajstić information content (AvgIpc) is 3.01. The fourth-order valence-electron chi connectivity index (χ4n) is 3.20. The van der Waals surface area contributed by atoms with Gasteiger partial charge in [-0.25, -0.2) is 8.42 Å². The van der Waals surface area contributed by atoms with Crippen LogP contribution in [0.25, 0.3) is 0 Å². The van der Waals surface area contributed by atoms with Crippen molar-refractivity contribution in [2.75, 3.05) is 6.54 Å². The number of alkyl halides is 1. The van der Waals surface area contributed by atoms with Crippen LogP contribution in [0.3, 0.4) is 0 Å². The molecule has 0 radical (unpaired) electrons. The van der Waals surface area contributed by atoms with E-state index in [-0.39, 0.29) is 21.8 Å². The van der Waals surface area contributed by atoms with E-state index >= 15 is 0 Å². The molecule has 1 heterocycles. The van der Waals surface area contributed by atoms with Gasteiger partial charge in [-0.3, -0.25) is 0 Å². The van der Waals surface area contributed by atoms with Crippen LogP contribution in [-0.4, -0.2) is 25.3 Å². The van der Waals surface area contributed by atoms with Crippen LogP contribution in [0.2, 0.25) is 10.0 Å². The van der Waals surface area contributed by atoms with Crippen LogP contribution in [0.4, 0.5) is 0 Å². The summed E-state index contributed by atoms with van der Waals surface area (Å²) in [5, 5.41) is 0.544. The predicted molar refractivity (Wildman–Crippen MR) is 81.0 cm³/mol. The molecule has 3 nitrogen and oxygen atoms in total. The lowest BCUT2D eigenvalue weighted by atomic mass is 10.1. The van der Waals surface area contributed by atoms with Crippen molar-refractivity contribution in [1.82, 2.24) is 4.31 Å². The SMILES string of the molecule is O=S(=O)(c1ccc(Cl)c(CCl)c1Cl)N1CC2CCC1C2. The Kier molecular flexibility index (Phi) is 3.97. The zero-order chi connectivity index (χ0) is 14.5. The quantitative estimate of drug-likeness (QED) is 0.772. The van der Waals surface area contributed by atoms with Gasteiger partial charge in [0.25, 0.3) is 0 Å². The first kappa shape index (κ1) is 14.9. The Morgan fingerprint density at radius 3 is 2.55 bits per heavy atom. The Hall–Kier alpha value is -0.000000000000000132. The number of halogens is 3. The lowest BCUT2D eigenvalue weighted by Crippen LogP contribution is -2.37. The largest absolute Gasteiger partial charge is 0.244 e. The van der Waals surface area contributed by atoms with Gasteiger partial charge in [0.05, 0.1) is 10.9 Å². The summed E-state index contributed by atoms with van der Waals surface area (Å²) in [5.74, 6) is 0.584. The highest BCUT2D eigenvalue weighted by atomic mass is 35.5. The van der Waals surface area contributed by atoms with Crippen LogP contribution in [0.5, 0.6) is 0 Å². The van der Waals surface area contributed by atoms with E-state index < -0.39 is 10.0 Å². The predicted octanol–water partition coefficient (Wildman–Crippen LogP) is 3.91. The van der Waals surface area contributed by atoms with Crippen molar-refractivity contribution in [2.45, 2.75) is 36.1 Å². The molecular weight excluding hydrogens is 341 g/mol. The van der Waals surface area contributed by atoms with E-state index in [0.29, 0.717) is 23.0 Å². The van der Waals surface area contributed by atoms with Crippen LogP contribution in [0, 0.1) is 5.92 Å². The molecule has 0 aromatic heterocycles. The van der Waals surface area contributed by atoms with Gasteiger partial charge < -0.3 is 0 Å². The van der Waals surface area contributed by atoms with Crippen molar-refractivity contribution in [1.29, 1.82) is 0 Å². The highest BCUT2D eigenvalue weighted by Crippen LogP contribution is 2.42. The first-order valence-electron chi connectivity index (χ1n) is 6.50. The van der Waals surface area contributed by atoms with Gasteiger partial charge in [0.15, 0.2) is 0 Å². The molecule has 1 saturated carbocycles. The van der Waals surface area contributed by atoms with E-state index in [0.717, 1.165) is 19.3 Å². The zero-order valence-corrected chi connectivity index (χ0v) is 13.7. The molecule has 3 rings (SSSR count). The summed E-state index contributed by atoms with van der Waals surface area (Å²) in [6.45, 7) is 0.599. The third-order valence-corrected chi connectivity index (χ3v) is 7.36. The Balaban J connectivity index is 2.04. The molecule has 1 aromatic rings. The molecule has 2 fully saturated rings. The highest BCUT2D eigenvalue weighted by molar-refractivity contribution is 7.89. The smallest absolute Gasteiger partial charge is 0.207 e. The molecule has 7 heteroatoms. The minimum Gasteiger partial charge on any atom is -0.207 e. The minimum atomic E-state index is -3.57. The second kappa shape index (κ2) is 5.33.